The van der Waals surface area contributed by atoms with Gasteiger partial charge in [0.2, 0.25) is 0 Å². The monoisotopic (exact) mass is 232 g/mol. The van der Waals surface area contributed by atoms with Crippen LogP contribution in [0.3, 0.4) is 0 Å². The maximum absolute atomic E-state index is 10.1. The Kier molecular flexibility index (Phi) is 4.09. The molecule has 2 rings (SSSR count). The zero-order valence-electron chi connectivity index (χ0n) is 11.1. The molecule has 0 aliphatic heterocycles. The summed E-state index contributed by atoms with van der Waals surface area (Å²) in [4.78, 5) is 0. The molecule has 94 valence electrons. The van der Waals surface area contributed by atoms with Crippen molar-refractivity contribution in [1.82, 2.24) is 0 Å². The molecule has 1 heteroatoms. The molecule has 1 aromatic rings. The Balaban J connectivity index is 2.33. The predicted octanol–water partition coefficient (Wildman–Crippen LogP) is 4.56. The van der Waals surface area contributed by atoms with E-state index in [4.69, 9.17) is 0 Å². The van der Waals surface area contributed by atoms with E-state index in [0.717, 1.165) is 29.9 Å². The molecule has 0 atom stereocenters. The number of hydrogen-bond acceptors (Lipinski definition) is 1. The standard InChI is InChI=1S/C16H24O/c1-3-12-10-15(11-13(4-2)16(12)17)14-8-6-5-7-9-14/h10-11,14,17H,3-9H2,1-2H3. The van der Waals surface area contributed by atoms with Crippen LogP contribution in [0.4, 0.5) is 0 Å². The zero-order chi connectivity index (χ0) is 12.3. The lowest BCUT2D eigenvalue weighted by Crippen LogP contribution is -2.06. The Morgan fingerprint density at radius 3 is 2.00 bits per heavy atom. The number of hydrogen-bond donors (Lipinski definition) is 1. The highest BCUT2D eigenvalue weighted by Crippen LogP contribution is 2.36. The highest BCUT2D eigenvalue weighted by atomic mass is 16.3. The second-order valence-corrected chi connectivity index (χ2v) is 5.23. The highest BCUT2D eigenvalue weighted by molar-refractivity contribution is 5.45. The molecule has 0 aromatic heterocycles. The normalized spacial score (nSPS) is 17.3. The Labute approximate surface area is 105 Å². The molecule has 17 heavy (non-hydrogen) atoms. The van der Waals surface area contributed by atoms with Gasteiger partial charge in [0.15, 0.2) is 0 Å². The van der Waals surface area contributed by atoms with Gasteiger partial charge in [0.25, 0.3) is 0 Å². The smallest absolute Gasteiger partial charge is 0.121 e. The van der Waals surface area contributed by atoms with Crippen LogP contribution in [0.15, 0.2) is 12.1 Å². The SMILES string of the molecule is CCc1cc(C2CCCCC2)cc(CC)c1O. The molecule has 1 fully saturated rings. The average molecular weight is 232 g/mol. The van der Waals surface area contributed by atoms with Gasteiger partial charge in [0.05, 0.1) is 0 Å². The molecular weight excluding hydrogens is 208 g/mol. The summed E-state index contributed by atoms with van der Waals surface area (Å²) in [7, 11) is 0. The lowest BCUT2D eigenvalue weighted by molar-refractivity contribution is 0.439. The van der Waals surface area contributed by atoms with Crippen molar-refractivity contribution in [2.75, 3.05) is 0 Å². The summed E-state index contributed by atoms with van der Waals surface area (Å²) < 4.78 is 0. The van der Waals surface area contributed by atoms with Crippen molar-refractivity contribution >= 4 is 0 Å². The molecule has 0 spiro atoms. The lowest BCUT2D eigenvalue weighted by Gasteiger charge is -2.23. The van der Waals surface area contributed by atoms with Crippen LogP contribution >= 0.6 is 0 Å². The van der Waals surface area contributed by atoms with Crippen molar-refractivity contribution in [1.29, 1.82) is 0 Å². The van der Waals surface area contributed by atoms with Gasteiger partial charge in [-0.2, -0.15) is 0 Å². The van der Waals surface area contributed by atoms with Crippen LogP contribution in [0.5, 0.6) is 5.75 Å². The molecule has 1 aliphatic rings. The Morgan fingerprint density at radius 1 is 1.00 bits per heavy atom. The van der Waals surface area contributed by atoms with E-state index in [0.29, 0.717) is 5.75 Å². The molecule has 1 aliphatic carbocycles. The third kappa shape index (κ3) is 2.65. The van der Waals surface area contributed by atoms with Crippen LogP contribution in [-0.2, 0) is 12.8 Å². The number of benzene rings is 1. The van der Waals surface area contributed by atoms with Gasteiger partial charge in [-0.15, -0.1) is 0 Å². The fraction of sp³-hybridized carbons (Fsp3) is 0.625. The van der Waals surface area contributed by atoms with Gasteiger partial charge in [-0.25, -0.2) is 0 Å². The minimum absolute atomic E-state index is 0.537. The summed E-state index contributed by atoms with van der Waals surface area (Å²) in [6.45, 7) is 4.25. The maximum Gasteiger partial charge on any atom is 0.121 e. The first-order valence-corrected chi connectivity index (χ1v) is 7.10. The van der Waals surface area contributed by atoms with Crippen molar-refractivity contribution in [3.05, 3.63) is 28.8 Å². The molecule has 0 bridgehead atoms. The van der Waals surface area contributed by atoms with Gasteiger partial charge in [-0.05, 0) is 48.3 Å². The van der Waals surface area contributed by atoms with Gasteiger partial charge in [-0.1, -0.05) is 45.2 Å². The van der Waals surface area contributed by atoms with E-state index >= 15 is 0 Å². The quantitative estimate of drug-likeness (QED) is 0.809. The molecule has 0 radical (unpaired) electrons. The predicted molar refractivity (Wildman–Crippen MR) is 72.7 cm³/mol. The van der Waals surface area contributed by atoms with Crippen molar-refractivity contribution in [3.8, 4) is 5.75 Å². The van der Waals surface area contributed by atoms with Gasteiger partial charge in [0, 0.05) is 0 Å². The topological polar surface area (TPSA) is 20.2 Å². The Morgan fingerprint density at radius 2 is 1.53 bits per heavy atom. The average Bonchev–Trinajstić information content (AvgIpc) is 2.40. The van der Waals surface area contributed by atoms with Crippen LogP contribution in [0.25, 0.3) is 0 Å². The summed E-state index contributed by atoms with van der Waals surface area (Å²) in [6.07, 6.45) is 8.66. The molecule has 0 saturated heterocycles. The molecule has 1 aromatic carbocycles. The van der Waals surface area contributed by atoms with Gasteiger partial charge < -0.3 is 5.11 Å². The van der Waals surface area contributed by atoms with Crippen LogP contribution in [0.2, 0.25) is 0 Å². The van der Waals surface area contributed by atoms with Crippen LogP contribution in [-0.4, -0.2) is 5.11 Å². The molecule has 0 unspecified atom stereocenters. The largest absolute Gasteiger partial charge is 0.507 e. The second kappa shape index (κ2) is 5.57. The summed E-state index contributed by atoms with van der Waals surface area (Å²) in [6, 6.07) is 4.48. The first-order chi connectivity index (χ1) is 8.26. The number of rotatable bonds is 3. The third-order valence-corrected chi connectivity index (χ3v) is 4.13. The van der Waals surface area contributed by atoms with E-state index in [1.165, 1.54) is 37.7 Å². The minimum atomic E-state index is 0.537. The molecule has 1 saturated carbocycles. The van der Waals surface area contributed by atoms with Crippen molar-refractivity contribution in [3.63, 3.8) is 0 Å². The van der Waals surface area contributed by atoms with E-state index in [-0.39, 0.29) is 0 Å². The third-order valence-electron chi connectivity index (χ3n) is 4.13. The fourth-order valence-corrected chi connectivity index (χ4v) is 3.00. The van der Waals surface area contributed by atoms with E-state index in [1.54, 1.807) is 0 Å². The summed E-state index contributed by atoms with van der Waals surface area (Å²) in [5, 5.41) is 10.1. The van der Waals surface area contributed by atoms with Gasteiger partial charge in [0.1, 0.15) is 5.75 Å². The van der Waals surface area contributed by atoms with E-state index in [9.17, 15) is 5.11 Å². The Bertz CT molecular complexity index is 350. The van der Waals surface area contributed by atoms with E-state index in [1.807, 2.05) is 0 Å². The molecule has 0 heterocycles. The molecular formula is C16H24O. The fourth-order valence-electron chi connectivity index (χ4n) is 3.00. The van der Waals surface area contributed by atoms with E-state index < -0.39 is 0 Å². The van der Waals surface area contributed by atoms with Crippen LogP contribution in [0, 0.1) is 0 Å². The summed E-state index contributed by atoms with van der Waals surface area (Å²) in [5.74, 6) is 1.27. The summed E-state index contributed by atoms with van der Waals surface area (Å²) in [5.41, 5.74) is 3.73. The molecule has 1 N–H and O–H groups in total. The lowest BCUT2D eigenvalue weighted by atomic mass is 9.82. The second-order valence-electron chi connectivity index (χ2n) is 5.23. The van der Waals surface area contributed by atoms with Crippen molar-refractivity contribution in [2.24, 2.45) is 0 Å². The number of aryl methyl sites for hydroxylation is 2. The van der Waals surface area contributed by atoms with Crippen molar-refractivity contribution in [2.45, 2.75) is 64.7 Å². The summed E-state index contributed by atoms with van der Waals surface area (Å²) >= 11 is 0. The first-order valence-electron chi connectivity index (χ1n) is 7.10. The highest BCUT2D eigenvalue weighted by Gasteiger charge is 2.18. The zero-order valence-corrected chi connectivity index (χ0v) is 11.1. The van der Waals surface area contributed by atoms with Crippen LogP contribution in [0.1, 0.15) is 68.6 Å². The van der Waals surface area contributed by atoms with Gasteiger partial charge >= 0.3 is 0 Å². The van der Waals surface area contributed by atoms with Crippen LogP contribution < -0.4 is 0 Å². The number of aromatic hydroxyl groups is 1. The minimum Gasteiger partial charge on any atom is -0.507 e. The van der Waals surface area contributed by atoms with E-state index in [2.05, 4.69) is 26.0 Å². The first kappa shape index (κ1) is 12.5. The molecule has 0 amide bonds. The Hall–Kier alpha value is -0.980. The number of phenolic OH excluding ortho intramolecular Hbond substituents is 1. The number of phenols is 1. The van der Waals surface area contributed by atoms with Gasteiger partial charge in [-0.3, -0.25) is 0 Å². The maximum atomic E-state index is 10.1. The molecule has 1 nitrogen and oxygen atoms in total. The van der Waals surface area contributed by atoms with Crippen molar-refractivity contribution < 1.29 is 5.11 Å².